The lowest BCUT2D eigenvalue weighted by molar-refractivity contribution is 0.249. The van der Waals surface area contributed by atoms with Crippen LogP contribution in [0.5, 0.6) is 17.2 Å². The van der Waals surface area contributed by atoms with E-state index in [1.54, 1.807) is 21.3 Å². The highest BCUT2D eigenvalue weighted by molar-refractivity contribution is 5.85. The van der Waals surface area contributed by atoms with E-state index in [-0.39, 0.29) is 12.4 Å². The first-order chi connectivity index (χ1) is 16.5. The first kappa shape index (κ1) is 28.3. The van der Waals surface area contributed by atoms with E-state index in [0.717, 1.165) is 43.1 Å². The quantitative estimate of drug-likeness (QED) is 0.258. The Morgan fingerprint density at radius 1 is 0.800 bits per heavy atom. The second kappa shape index (κ2) is 14.4. The second-order valence-corrected chi connectivity index (χ2v) is 8.62. The van der Waals surface area contributed by atoms with Crippen molar-refractivity contribution >= 4 is 24.6 Å². The van der Waals surface area contributed by atoms with Gasteiger partial charge in [-0.05, 0) is 79.8 Å². The van der Waals surface area contributed by atoms with Crippen LogP contribution in [0.2, 0.25) is 0 Å². The molecule has 0 heterocycles. The van der Waals surface area contributed by atoms with Gasteiger partial charge in [-0.3, -0.25) is 0 Å². The van der Waals surface area contributed by atoms with Crippen LogP contribution in [0.4, 0.5) is 0 Å². The lowest BCUT2D eigenvalue weighted by Gasteiger charge is -2.25. The molecule has 0 aliphatic carbocycles. The van der Waals surface area contributed by atoms with Gasteiger partial charge in [0.25, 0.3) is 0 Å². The molecule has 4 nitrogen and oxygen atoms in total. The molecule has 1 unspecified atom stereocenters. The molecule has 0 amide bonds. The van der Waals surface area contributed by atoms with E-state index in [1.807, 2.05) is 18.2 Å². The van der Waals surface area contributed by atoms with Crippen molar-refractivity contribution in [1.29, 1.82) is 0 Å². The van der Waals surface area contributed by atoms with Crippen molar-refractivity contribution in [3.8, 4) is 17.2 Å². The second-order valence-electron chi connectivity index (χ2n) is 8.62. The summed E-state index contributed by atoms with van der Waals surface area (Å²) in [6, 6.07) is 23.4. The molecule has 1 atom stereocenters. The number of aryl methyl sites for hydroxylation is 1. The highest BCUT2D eigenvalue weighted by Crippen LogP contribution is 2.28. The van der Waals surface area contributed by atoms with Gasteiger partial charge in [0.1, 0.15) is 5.75 Å². The van der Waals surface area contributed by atoms with Crippen LogP contribution in [0.3, 0.4) is 0 Å². The topological polar surface area (TPSA) is 30.9 Å². The van der Waals surface area contributed by atoms with E-state index in [4.69, 9.17) is 14.2 Å². The Morgan fingerprint density at radius 2 is 1.54 bits per heavy atom. The van der Waals surface area contributed by atoms with E-state index in [1.165, 1.54) is 22.3 Å². The fourth-order valence-corrected chi connectivity index (χ4v) is 3.99. The standard InChI is InChI=1S/C30H37NO3.ClH/c1-23(31(2)20-19-25-13-18-29(33-4)30(21-25)34-5)11-14-27-22-28(32-3)17-16-26(27)15-12-24-9-7-6-8-10-24;/h6-10,12-13,15-18,21-23H,11,14,19-20H2,1-5H3;1H/b15-12+;. The molecule has 0 bridgehead atoms. The Balaban J connectivity index is 0.00000432. The molecule has 0 aliphatic heterocycles. The Kier molecular flexibility index (Phi) is 11.7. The Morgan fingerprint density at radius 3 is 2.23 bits per heavy atom. The molecule has 0 saturated heterocycles. The van der Waals surface area contributed by atoms with Gasteiger partial charge in [0, 0.05) is 12.6 Å². The first-order valence-corrected chi connectivity index (χ1v) is 11.8. The summed E-state index contributed by atoms with van der Waals surface area (Å²) in [6.45, 7) is 3.28. The van der Waals surface area contributed by atoms with Crippen molar-refractivity contribution in [3.63, 3.8) is 0 Å². The molecular formula is C30H38ClNO3. The number of nitrogens with zero attached hydrogens (tertiary/aromatic N) is 1. The lowest BCUT2D eigenvalue weighted by Crippen LogP contribution is -2.31. The number of hydrogen-bond donors (Lipinski definition) is 0. The lowest BCUT2D eigenvalue weighted by atomic mass is 9.98. The molecular weight excluding hydrogens is 458 g/mol. The minimum atomic E-state index is 0. The Labute approximate surface area is 216 Å². The molecule has 0 radical (unpaired) electrons. The third-order valence-electron chi connectivity index (χ3n) is 6.39. The summed E-state index contributed by atoms with van der Waals surface area (Å²) < 4.78 is 16.3. The maximum Gasteiger partial charge on any atom is 0.160 e. The fraction of sp³-hybridized carbons (Fsp3) is 0.333. The predicted molar refractivity (Wildman–Crippen MR) is 149 cm³/mol. The molecule has 0 aliphatic rings. The summed E-state index contributed by atoms with van der Waals surface area (Å²) in [5.41, 5.74) is 5.00. The van der Waals surface area contributed by atoms with Gasteiger partial charge in [-0.1, -0.05) is 54.6 Å². The number of ether oxygens (including phenoxy) is 3. The zero-order valence-corrected chi connectivity index (χ0v) is 22.3. The van der Waals surface area contributed by atoms with E-state index >= 15 is 0 Å². The van der Waals surface area contributed by atoms with Gasteiger partial charge in [0.05, 0.1) is 21.3 Å². The molecule has 3 aromatic rings. The molecule has 0 spiro atoms. The van der Waals surface area contributed by atoms with Crippen LogP contribution >= 0.6 is 12.4 Å². The highest BCUT2D eigenvalue weighted by atomic mass is 35.5. The van der Waals surface area contributed by atoms with E-state index < -0.39 is 0 Å². The van der Waals surface area contributed by atoms with Gasteiger partial charge < -0.3 is 19.1 Å². The largest absolute Gasteiger partial charge is 0.497 e. The van der Waals surface area contributed by atoms with Crippen molar-refractivity contribution in [2.24, 2.45) is 0 Å². The van der Waals surface area contributed by atoms with Gasteiger partial charge in [-0.15, -0.1) is 12.4 Å². The van der Waals surface area contributed by atoms with Crippen molar-refractivity contribution in [3.05, 3.63) is 89.0 Å². The van der Waals surface area contributed by atoms with Crippen LogP contribution in [0, 0.1) is 0 Å². The van der Waals surface area contributed by atoms with Crippen LogP contribution in [0.15, 0.2) is 66.7 Å². The third-order valence-corrected chi connectivity index (χ3v) is 6.39. The van der Waals surface area contributed by atoms with Crippen molar-refractivity contribution < 1.29 is 14.2 Å². The van der Waals surface area contributed by atoms with E-state index in [0.29, 0.717) is 6.04 Å². The average molecular weight is 496 g/mol. The smallest absolute Gasteiger partial charge is 0.160 e. The molecule has 3 aromatic carbocycles. The summed E-state index contributed by atoms with van der Waals surface area (Å²) >= 11 is 0. The van der Waals surface area contributed by atoms with Crippen LogP contribution in [0.1, 0.15) is 35.6 Å². The molecule has 5 heteroatoms. The SMILES string of the molecule is COc1ccc(/C=C/c2ccccc2)c(CCC(C)N(C)CCc2ccc(OC)c(OC)c2)c1.Cl. The van der Waals surface area contributed by atoms with Gasteiger partial charge in [-0.2, -0.15) is 0 Å². The Hall–Kier alpha value is -2.95. The van der Waals surface area contributed by atoms with Gasteiger partial charge in [0.2, 0.25) is 0 Å². The number of methoxy groups -OCH3 is 3. The fourth-order valence-electron chi connectivity index (χ4n) is 3.99. The number of benzene rings is 3. The summed E-state index contributed by atoms with van der Waals surface area (Å²) in [6.07, 6.45) is 7.40. The highest BCUT2D eigenvalue weighted by Gasteiger charge is 2.12. The molecule has 35 heavy (non-hydrogen) atoms. The average Bonchev–Trinajstić information content (AvgIpc) is 2.89. The monoisotopic (exact) mass is 495 g/mol. The van der Waals surface area contributed by atoms with Crippen molar-refractivity contribution in [2.45, 2.75) is 32.2 Å². The summed E-state index contributed by atoms with van der Waals surface area (Å²) in [5.74, 6) is 2.45. The molecule has 0 saturated carbocycles. The van der Waals surface area contributed by atoms with Gasteiger partial charge >= 0.3 is 0 Å². The zero-order chi connectivity index (χ0) is 24.3. The summed E-state index contributed by atoms with van der Waals surface area (Å²) in [4.78, 5) is 2.43. The van der Waals surface area contributed by atoms with Crippen LogP contribution < -0.4 is 14.2 Å². The number of likely N-dealkylation sites (N-methyl/N-ethyl adjacent to an activating group) is 1. The molecule has 0 N–H and O–H groups in total. The third kappa shape index (κ3) is 8.34. The van der Waals surface area contributed by atoms with Crippen LogP contribution in [0.25, 0.3) is 12.2 Å². The number of rotatable bonds is 12. The molecule has 0 fully saturated rings. The summed E-state index contributed by atoms with van der Waals surface area (Å²) in [7, 11) is 7.27. The summed E-state index contributed by atoms with van der Waals surface area (Å²) in [5, 5.41) is 0. The zero-order valence-electron chi connectivity index (χ0n) is 21.5. The predicted octanol–water partition coefficient (Wildman–Crippen LogP) is 6.80. The van der Waals surface area contributed by atoms with Crippen molar-refractivity contribution in [1.82, 2.24) is 4.90 Å². The minimum Gasteiger partial charge on any atom is -0.497 e. The maximum absolute atomic E-state index is 5.50. The molecule has 188 valence electrons. The van der Waals surface area contributed by atoms with Crippen molar-refractivity contribution in [2.75, 3.05) is 34.9 Å². The first-order valence-electron chi connectivity index (χ1n) is 11.8. The minimum absolute atomic E-state index is 0. The number of hydrogen-bond acceptors (Lipinski definition) is 4. The molecule has 0 aromatic heterocycles. The molecule has 3 rings (SSSR count). The van der Waals surface area contributed by atoms with Gasteiger partial charge in [0.15, 0.2) is 11.5 Å². The van der Waals surface area contributed by atoms with Crippen LogP contribution in [-0.4, -0.2) is 45.9 Å². The number of halogens is 1. The van der Waals surface area contributed by atoms with E-state index in [2.05, 4.69) is 79.6 Å². The Bertz CT molecular complexity index is 1070. The maximum atomic E-state index is 5.50. The normalized spacial score (nSPS) is 11.8. The van der Waals surface area contributed by atoms with Crippen LogP contribution in [-0.2, 0) is 12.8 Å². The van der Waals surface area contributed by atoms with Gasteiger partial charge in [-0.25, -0.2) is 0 Å². The van der Waals surface area contributed by atoms with E-state index in [9.17, 15) is 0 Å².